The molecule has 1 aromatic carbocycles. The van der Waals surface area contributed by atoms with E-state index < -0.39 is 17.8 Å². The number of aromatic carboxylic acids is 1. The number of aryl methyl sites for hydroxylation is 1. The summed E-state index contributed by atoms with van der Waals surface area (Å²) in [5.74, 6) is -1.22. The van der Waals surface area contributed by atoms with E-state index in [0.717, 1.165) is 10.7 Å². The highest BCUT2D eigenvalue weighted by Gasteiger charge is 2.34. The van der Waals surface area contributed by atoms with Crippen LogP contribution in [0.5, 0.6) is 0 Å². The Morgan fingerprint density at radius 3 is 2.29 bits per heavy atom. The van der Waals surface area contributed by atoms with E-state index in [9.17, 15) is 18.0 Å². The van der Waals surface area contributed by atoms with Crippen molar-refractivity contribution in [1.82, 2.24) is 9.78 Å². The quantitative estimate of drug-likeness (QED) is 0.914. The molecule has 0 spiro atoms. The lowest BCUT2D eigenvalue weighted by atomic mass is 10.2. The maximum atomic E-state index is 12.6. The number of rotatable bonds is 2. The molecule has 21 heavy (non-hydrogen) atoms. The predicted molar refractivity (Wildman–Crippen MR) is 71.6 cm³/mol. The Balaban J connectivity index is 0.00000106. The number of para-hydroxylation sites is 1. The van der Waals surface area contributed by atoms with Gasteiger partial charge in [-0.05, 0) is 25.1 Å². The number of hydrogen-bond acceptors (Lipinski definition) is 2. The maximum absolute atomic E-state index is 12.6. The van der Waals surface area contributed by atoms with Crippen molar-refractivity contribution in [2.45, 2.75) is 26.9 Å². The summed E-state index contributed by atoms with van der Waals surface area (Å²) in [5, 5.41) is 12.4. The second kappa shape index (κ2) is 6.43. The number of halogens is 3. The van der Waals surface area contributed by atoms with E-state index in [1.54, 1.807) is 0 Å². The summed E-state index contributed by atoms with van der Waals surface area (Å²) in [6.07, 6.45) is -4.56. The number of hydrogen-bond donors (Lipinski definition) is 1. The summed E-state index contributed by atoms with van der Waals surface area (Å²) in [6.45, 7) is 5.43. The second-order valence-electron chi connectivity index (χ2n) is 3.90. The van der Waals surface area contributed by atoms with Gasteiger partial charge in [0.2, 0.25) is 0 Å². The molecular formula is C14H15F3N2O2. The summed E-state index contributed by atoms with van der Waals surface area (Å²) in [4.78, 5) is 11.0. The van der Waals surface area contributed by atoms with E-state index in [-0.39, 0.29) is 16.9 Å². The molecule has 0 aliphatic rings. The zero-order valence-electron chi connectivity index (χ0n) is 11.8. The smallest absolute Gasteiger partial charge is 0.435 e. The Morgan fingerprint density at radius 2 is 1.81 bits per heavy atom. The summed E-state index contributed by atoms with van der Waals surface area (Å²) < 4.78 is 38.7. The molecule has 0 unspecified atom stereocenters. The third-order valence-electron chi connectivity index (χ3n) is 2.54. The lowest BCUT2D eigenvalue weighted by molar-refractivity contribution is -0.141. The van der Waals surface area contributed by atoms with Crippen LogP contribution in [0.15, 0.2) is 30.3 Å². The summed E-state index contributed by atoms with van der Waals surface area (Å²) in [5.41, 5.74) is -0.850. The minimum atomic E-state index is -4.56. The molecule has 0 fully saturated rings. The molecule has 7 heteroatoms. The van der Waals surface area contributed by atoms with Gasteiger partial charge in [0.15, 0.2) is 5.69 Å². The normalized spacial score (nSPS) is 10.8. The molecule has 2 aromatic rings. The van der Waals surface area contributed by atoms with Crippen LogP contribution in [0.1, 0.15) is 35.6 Å². The topological polar surface area (TPSA) is 55.1 Å². The molecule has 0 atom stereocenters. The fourth-order valence-corrected chi connectivity index (χ4v) is 1.70. The van der Waals surface area contributed by atoms with Crippen LogP contribution in [0.4, 0.5) is 13.2 Å². The molecule has 114 valence electrons. The molecule has 4 nitrogen and oxygen atoms in total. The molecule has 0 amide bonds. The van der Waals surface area contributed by atoms with Gasteiger partial charge in [-0.3, -0.25) is 0 Å². The largest absolute Gasteiger partial charge is 0.478 e. The van der Waals surface area contributed by atoms with Crippen LogP contribution in [0.3, 0.4) is 0 Å². The van der Waals surface area contributed by atoms with Gasteiger partial charge in [-0.2, -0.15) is 18.3 Å². The number of benzene rings is 1. The monoisotopic (exact) mass is 300 g/mol. The zero-order chi connectivity index (χ0) is 16.2. The summed E-state index contributed by atoms with van der Waals surface area (Å²) in [6, 6.07) is 6.63. The van der Waals surface area contributed by atoms with Crippen LogP contribution < -0.4 is 0 Å². The number of aromatic nitrogens is 2. The van der Waals surface area contributed by atoms with Gasteiger partial charge in [-0.1, -0.05) is 26.0 Å². The zero-order valence-corrected chi connectivity index (χ0v) is 11.8. The maximum Gasteiger partial charge on any atom is 0.435 e. The molecule has 1 N–H and O–H groups in total. The van der Waals surface area contributed by atoms with Gasteiger partial charge in [0.1, 0.15) is 0 Å². The fraction of sp³-hybridized carbons (Fsp3) is 0.286. The number of nitrogens with zero attached hydrogens (tertiary/aromatic N) is 2. The number of carboxylic acids is 1. The highest BCUT2D eigenvalue weighted by atomic mass is 19.4. The van der Waals surface area contributed by atoms with Gasteiger partial charge >= 0.3 is 12.1 Å². The van der Waals surface area contributed by atoms with E-state index >= 15 is 0 Å². The van der Waals surface area contributed by atoms with Crippen LogP contribution in [0.25, 0.3) is 5.69 Å². The highest BCUT2D eigenvalue weighted by molar-refractivity contribution is 5.91. The van der Waals surface area contributed by atoms with Crippen molar-refractivity contribution in [2.75, 3.05) is 0 Å². The van der Waals surface area contributed by atoms with Crippen molar-refractivity contribution in [1.29, 1.82) is 0 Å². The van der Waals surface area contributed by atoms with Gasteiger partial charge in [-0.15, -0.1) is 0 Å². The first-order valence-corrected chi connectivity index (χ1v) is 6.27. The summed E-state index contributed by atoms with van der Waals surface area (Å²) >= 11 is 0. The number of carboxylic acid groups (broad SMARTS) is 1. The van der Waals surface area contributed by atoms with Gasteiger partial charge in [0.25, 0.3) is 0 Å². The van der Waals surface area contributed by atoms with Gasteiger partial charge < -0.3 is 5.11 Å². The van der Waals surface area contributed by atoms with E-state index in [0.29, 0.717) is 0 Å². The lowest BCUT2D eigenvalue weighted by Crippen LogP contribution is -2.10. The molecule has 0 aliphatic heterocycles. The van der Waals surface area contributed by atoms with Crippen LogP contribution in [-0.4, -0.2) is 20.9 Å². The molecule has 0 saturated carbocycles. The Labute approximate surface area is 119 Å². The van der Waals surface area contributed by atoms with Crippen molar-refractivity contribution in [2.24, 2.45) is 0 Å². The first kappa shape index (κ1) is 16.7. The molecule has 0 saturated heterocycles. The summed E-state index contributed by atoms with van der Waals surface area (Å²) in [7, 11) is 0. The number of carbonyl (C=O) groups is 1. The molecule has 1 heterocycles. The standard InChI is InChI=1S/C12H9F3N2O2.C2H6/c1-7-6-10(12(13,14)15)16-17(7)9-5-3-2-4-8(9)11(18)19;1-2/h2-6H,1H3,(H,18,19);1-2H3. The Kier molecular flexibility index (Phi) is 5.12. The fourth-order valence-electron chi connectivity index (χ4n) is 1.70. The Hall–Kier alpha value is -2.31. The Bertz CT molecular complexity index is 633. The van der Waals surface area contributed by atoms with Crippen LogP contribution in [-0.2, 0) is 6.18 Å². The van der Waals surface area contributed by atoms with Crippen molar-refractivity contribution in [3.05, 3.63) is 47.3 Å². The molecule has 2 rings (SSSR count). The molecule has 0 radical (unpaired) electrons. The third kappa shape index (κ3) is 3.62. The SMILES string of the molecule is CC.Cc1cc(C(F)(F)F)nn1-c1ccccc1C(=O)O. The van der Waals surface area contributed by atoms with Crippen molar-refractivity contribution in [3.8, 4) is 5.69 Å². The van der Waals surface area contributed by atoms with Crippen LogP contribution in [0, 0.1) is 6.92 Å². The molecule has 0 aliphatic carbocycles. The molecule has 1 aromatic heterocycles. The highest BCUT2D eigenvalue weighted by Crippen LogP contribution is 2.29. The Morgan fingerprint density at radius 1 is 1.24 bits per heavy atom. The van der Waals surface area contributed by atoms with Crippen LogP contribution >= 0.6 is 0 Å². The van der Waals surface area contributed by atoms with Gasteiger partial charge in [-0.25, -0.2) is 9.48 Å². The first-order chi connectivity index (χ1) is 9.80. The van der Waals surface area contributed by atoms with Crippen molar-refractivity contribution in [3.63, 3.8) is 0 Å². The minimum Gasteiger partial charge on any atom is -0.478 e. The van der Waals surface area contributed by atoms with E-state index in [4.69, 9.17) is 5.11 Å². The predicted octanol–water partition coefficient (Wildman–Crippen LogP) is 3.92. The second-order valence-corrected chi connectivity index (χ2v) is 3.90. The number of alkyl halides is 3. The van der Waals surface area contributed by atoms with Crippen LogP contribution in [0.2, 0.25) is 0 Å². The lowest BCUT2D eigenvalue weighted by Gasteiger charge is -2.07. The third-order valence-corrected chi connectivity index (χ3v) is 2.54. The molecule has 0 bridgehead atoms. The average Bonchev–Trinajstić information content (AvgIpc) is 2.83. The van der Waals surface area contributed by atoms with Crippen molar-refractivity contribution < 1.29 is 23.1 Å². The van der Waals surface area contributed by atoms with E-state index in [1.165, 1.54) is 31.2 Å². The first-order valence-electron chi connectivity index (χ1n) is 6.27. The van der Waals surface area contributed by atoms with Gasteiger partial charge in [0.05, 0.1) is 11.3 Å². The van der Waals surface area contributed by atoms with Crippen molar-refractivity contribution >= 4 is 5.97 Å². The van der Waals surface area contributed by atoms with E-state index in [1.807, 2.05) is 13.8 Å². The molecular weight excluding hydrogens is 285 g/mol. The average molecular weight is 300 g/mol. The minimum absolute atomic E-state index is 0.100. The van der Waals surface area contributed by atoms with Gasteiger partial charge in [0, 0.05) is 5.69 Å². The van der Waals surface area contributed by atoms with E-state index in [2.05, 4.69) is 5.10 Å².